The SMILES string of the molecule is COC(=O)CCC(C(=O)OC)c1cc2c(cnn2C2CCCCO2)cc1C. The molecule has 3 rings (SSSR count). The summed E-state index contributed by atoms with van der Waals surface area (Å²) < 4.78 is 17.5. The number of ether oxygens (including phenoxy) is 3. The molecule has 0 saturated carbocycles. The summed E-state index contributed by atoms with van der Waals surface area (Å²) in [5, 5.41) is 5.52. The van der Waals surface area contributed by atoms with Crippen molar-refractivity contribution in [1.29, 1.82) is 0 Å². The second-order valence-electron chi connectivity index (χ2n) is 6.87. The molecule has 2 unspecified atom stereocenters. The van der Waals surface area contributed by atoms with Gasteiger partial charge in [-0.1, -0.05) is 0 Å². The summed E-state index contributed by atoms with van der Waals surface area (Å²) in [6.45, 7) is 2.69. The van der Waals surface area contributed by atoms with Gasteiger partial charge in [0.25, 0.3) is 0 Å². The molecule has 27 heavy (non-hydrogen) atoms. The first kappa shape index (κ1) is 19.4. The highest BCUT2D eigenvalue weighted by Crippen LogP contribution is 2.32. The minimum atomic E-state index is -0.533. The molecular weight excluding hydrogens is 348 g/mol. The molecule has 1 aliphatic rings. The van der Waals surface area contributed by atoms with Gasteiger partial charge in [0, 0.05) is 18.4 Å². The van der Waals surface area contributed by atoms with Gasteiger partial charge in [-0.2, -0.15) is 5.10 Å². The molecule has 7 nitrogen and oxygen atoms in total. The van der Waals surface area contributed by atoms with Gasteiger partial charge in [-0.05, 0) is 55.9 Å². The summed E-state index contributed by atoms with van der Waals surface area (Å²) in [5.74, 6) is -1.24. The van der Waals surface area contributed by atoms with E-state index in [1.165, 1.54) is 14.2 Å². The van der Waals surface area contributed by atoms with Crippen LogP contribution in [0.4, 0.5) is 0 Å². The van der Waals surface area contributed by atoms with Crippen molar-refractivity contribution in [2.24, 2.45) is 0 Å². The van der Waals surface area contributed by atoms with Gasteiger partial charge >= 0.3 is 11.9 Å². The zero-order valence-corrected chi connectivity index (χ0v) is 16.1. The molecule has 146 valence electrons. The molecule has 0 radical (unpaired) electrons. The predicted molar refractivity (Wildman–Crippen MR) is 99.3 cm³/mol. The van der Waals surface area contributed by atoms with Crippen LogP contribution in [-0.2, 0) is 23.8 Å². The molecule has 2 atom stereocenters. The average molecular weight is 374 g/mol. The molecule has 1 aliphatic heterocycles. The van der Waals surface area contributed by atoms with Crippen molar-refractivity contribution in [2.45, 2.75) is 51.2 Å². The van der Waals surface area contributed by atoms with Crippen LogP contribution in [0.2, 0.25) is 0 Å². The van der Waals surface area contributed by atoms with Gasteiger partial charge in [0.2, 0.25) is 0 Å². The Morgan fingerprint density at radius 3 is 2.78 bits per heavy atom. The van der Waals surface area contributed by atoms with Crippen LogP contribution in [0, 0.1) is 6.92 Å². The summed E-state index contributed by atoms with van der Waals surface area (Å²) in [6, 6.07) is 4.00. The standard InChI is InChI=1S/C20H26N2O5/c1-13-10-14-12-21-22(18-6-4-5-9-27-18)17(14)11-16(13)15(20(24)26-3)7-8-19(23)25-2/h10-12,15,18H,4-9H2,1-3H3. The third-order valence-electron chi connectivity index (χ3n) is 5.14. The molecule has 1 fully saturated rings. The van der Waals surface area contributed by atoms with Crippen LogP contribution < -0.4 is 0 Å². The van der Waals surface area contributed by atoms with Crippen molar-refractivity contribution in [3.63, 3.8) is 0 Å². The monoisotopic (exact) mass is 374 g/mol. The number of esters is 2. The highest BCUT2D eigenvalue weighted by atomic mass is 16.5. The van der Waals surface area contributed by atoms with E-state index >= 15 is 0 Å². The maximum Gasteiger partial charge on any atom is 0.313 e. The summed E-state index contributed by atoms with van der Waals surface area (Å²) >= 11 is 0. The number of methoxy groups -OCH3 is 2. The van der Waals surface area contributed by atoms with E-state index in [2.05, 4.69) is 5.10 Å². The lowest BCUT2D eigenvalue weighted by molar-refractivity contribution is -0.143. The molecule has 0 amide bonds. The number of nitrogens with zero attached hydrogens (tertiary/aromatic N) is 2. The molecule has 0 N–H and O–H groups in total. The van der Waals surface area contributed by atoms with Crippen LogP contribution in [0.3, 0.4) is 0 Å². The number of aryl methyl sites for hydroxylation is 1. The van der Waals surface area contributed by atoms with Crippen molar-refractivity contribution in [3.05, 3.63) is 29.5 Å². The summed E-state index contributed by atoms with van der Waals surface area (Å²) in [4.78, 5) is 24.0. The summed E-state index contributed by atoms with van der Waals surface area (Å²) in [6.07, 6.45) is 5.32. The maximum absolute atomic E-state index is 12.4. The van der Waals surface area contributed by atoms with Gasteiger partial charge in [-0.25, -0.2) is 4.68 Å². The largest absolute Gasteiger partial charge is 0.469 e. The fraction of sp³-hybridized carbons (Fsp3) is 0.550. The van der Waals surface area contributed by atoms with E-state index in [0.717, 1.165) is 47.9 Å². The van der Waals surface area contributed by atoms with Gasteiger partial charge in [-0.3, -0.25) is 9.59 Å². The van der Waals surface area contributed by atoms with E-state index in [0.29, 0.717) is 6.42 Å². The molecule has 1 saturated heterocycles. The molecule has 2 aromatic rings. The van der Waals surface area contributed by atoms with E-state index < -0.39 is 5.92 Å². The first-order valence-electron chi connectivity index (χ1n) is 9.29. The number of rotatable bonds is 6. The highest BCUT2D eigenvalue weighted by Gasteiger charge is 2.26. The third-order valence-corrected chi connectivity index (χ3v) is 5.14. The quantitative estimate of drug-likeness (QED) is 0.722. The molecule has 7 heteroatoms. The minimum Gasteiger partial charge on any atom is -0.469 e. The van der Waals surface area contributed by atoms with Crippen LogP contribution in [0.5, 0.6) is 0 Å². The van der Waals surface area contributed by atoms with Crippen LogP contribution in [-0.4, -0.2) is 42.5 Å². The summed E-state index contributed by atoms with van der Waals surface area (Å²) in [7, 11) is 2.71. The van der Waals surface area contributed by atoms with E-state index in [4.69, 9.17) is 14.2 Å². The second-order valence-corrected chi connectivity index (χ2v) is 6.87. The molecule has 2 heterocycles. The first-order valence-corrected chi connectivity index (χ1v) is 9.29. The van der Waals surface area contributed by atoms with Crippen molar-refractivity contribution >= 4 is 22.8 Å². The Kier molecular flexibility index (Phi) is 6.11. The van der Waals surface area contributed by atoms with E-state index in [9.17, 15) is 9.59 Å². The predicted octanol–water partition coefficient (Wildman–Crippen LogP) is 3.25. The lowest BCUT2D eigenvalue weighted by Gasteiger charge is -2.24. The first-order chi connectivity index (χ1) is 13.0. The molecular formula is C20H26N2O5. The zero-order valence-electron chi connectivity index (χ0n) is 16.1. The Balaban J connectivity index is 1.98. The Bertz CT molecular complexity index is 823. The number of carbonyl (C=O) groups excluding carboxylic acids is 2. The van der Waals surface area contributed by atoms with E-state index in [-0.39, 0.29) is 24.6 Å². The molecule has 0 bridgehead atoms. The number of fused-ring (bicyclic) bond motifs is 1. The second kappa shape index (κ2) is 8.52. The van der Waals surface area contributed by atoms with Gasteiger partial charge in [-0.15, -0.1) is 0 Å². The zero-order chi connectivity index (χ0) is 19.4. The van der Waals surface area contributed by atoms with Gasteiger partial charge in [0.05, 0.1) is 31.9 Å². The number of hydrogen-bond acceptors (Lipinski definition) is 6. The smallest absolute Gasteiger partial charge is 0.313 e. The van der Waals surface area contributed by atoms with Crippen LogP contribution in [0.15, 0.2) is 18.3 Å². The Labute approximate surface area is 158 Å². The van der Waals surface area contributed by atoms with Gasteiger partial charge in [0.1, 0.15) is 0 Å². The molecule has 0 spiro atoms. The van der Waals surface area contributed by atoms with Crippen molar-refractivity contribution in [2.75, 3.05) is 20.8 Å². The number of benzene rings is 1. The summed E-state index contributed by atoms with van der Waals surface area (Å²) in [5.41, 5.74) is 2.73. The third kappa shape index (κ3) is 4.13. The Hall–Kier alpha value is -2.41. The van der Waals surface area contributed by atoms with E-state index in [1.54, 1.807) is 0 Å². The van der Waals surface area contributed by atoms with E-state index in [1.807, 2.05) is 29.9 Å². The average Bonchev–Trinajstić information content (AvgIpc) is 3.10. The number of carbonyl (C=O) groups is 2. The van der Waals surface area contributed by atoms with Gasteiger partial charge in [0.15, 0.2) is 6.23 Å². The van der Waals surface area contributed by atoms with Crippen LogP contribution >= 0.6 is 0 Å². The Morgan fingerprint density at radius 1 is 1.30 bits per heavy atom. The molecule has 1 aromatic carbocycles. The van der Waals surface area contributed by atoms with Crippen molar-refractivity contribution in [1.82, 2.24) is 9.78 Å². The van der Waals surface area contributed by atoms with Crippen molar-refractivity contribution < 1.29 is 23.8 Å². The molecule has 1 aromatic heterocycles. The number of aromatic nitrogens is 2. The van der Waals surface area contributed by atoms with Crippen LogP contribution in [0.25, 0.3) is 10.9 Å². The van der Waals surface area contributed by atoms with Crippen LogP contribution in [0.1, 0.15) is 55.4 Å². The minimum absolute atomic E-state index is 0.0848. The van der Waals surface area contributed by atoms with Crippen molar-refractivity contribution in [3.8, 4) is 0 Å². The van der Waals surface area contributed by atoms with Gasteiger partial charge < -0.3 is 14.2 Å². The molecule has 0 aliphatic carbocycles. The number of hydrogen-bond donors (Lipinski definition) is 0. The normalized spacial score (nSPS) is 18.3. The lowest BCUT2D eigenvalue weighted by Crippen LogP contribution is -2.20. The lowest BCUT2D eigenvalue weighted by atomic mass is 9.90. The topological polar surface area (TPSA) is 79.7 Å². The fourth-order valence-electron chi connectivity index (χ4n) is 3.65. The Morgan fingerprint density at radius 2 is 2.11 bits per heavy atom. The maximum atomic E-state index is 12.4. The highest BCUT2D eigenvalue weighted by molar-refractivity contribution is 5.85. The fourth-order valence-corrected chi connectivity index (χ4v) is 3.65.